The van der Waals surface area contributed by atoms with Crippen LogP contribution >= 0.6 is 0 Å². The molecule has 106 valence electrons. The van der Waals surface area contributed by atoms with Crippen molar-refractivity contribution in [2.24, 2.45) is 4.99 Å². The van der Waals surface area contributed by atoms with Gasteiger partial charge in [-0.15, -0.1) is 0 Å². The number of hydrogen-bond donors (Lipinski definition) is 0. The fraction of sp³-hybridized carbons (Fsp3) is 0.400. The van der Waals surface area contributed by atoms with Crippen molar-refractivity contribution in [1.82, 2.24) is 0 Å². The first-order chi connectivity index (χ1) is 9.29. The molecular weight excluding hydrogens is 242 g/mol. The van der Waals surface area contributed by atoms with Crippen LogP contribution in [-0.4, -0.2) is 25.6 Å². The summed E-state index contributed by atoms with van der Waals surface area (Å²) < 4.78 is 3.86. The van der Waals surface area contributed by atoms with Gasteiger partial charge in [0.05, 0.1) is 12.8 Å². The van der Waals surface area contributed by atoms with E-state index in [1.54, 1.807) is 6.21 Å². The third-order valence-electron chi connectivity index (χ3n) is 1.81. The number of aliphatic imine (C=N–C) groups is 1. The molecule has 0 bridgehead atoms. The van der Waals surface area contributed by atoms with Crippen LogP contribution in [0, 0.1) is 0 Å². The second kappa shape index (κ2) is 14.1. The van der Waals surface area contributed by atoms with Gasteiger partial charge in [-0.1, -0.05) is 39.8 Å². The van der Waals surface area contributed by atoms with Crippen LogP contribution in [0.3, 0.4) is 0 Å². The third kappa shape index (κ3) is 7.86. The summed E-state index contributed by atoms with van der Waals surface area (Å²) in [5.74, 6) is 0.163. The number of rotatable bonds is 1. The van der Waals surface area contributed by atoms with E-state index >= 15 is 0 Å². The molecule has 0 saturated carbocycles. The Morgan fingerprint density at radius 3 is 2.16 bits per heavy atom. The SMILES string of the molecule is CC.CC.COC=O.O=C1CC=Nc2ccccc21. The van der Waals surface area contributed by atoms with Crippen LogP contribution in [0.2, 0.25) is 0 Å². The molecule has 0 aliphatic carbocycles. The summed E-state index contributed by atoms with van der Waals surface area (Å²) in [6.07, 6.45) is 2.10. The molecule has 0 aromatic heterocycles. The molecular formula is C15H23NO3. The largest absolute Gasteiger partial charge is 0.471 e. The van der Waals surface area contributed by atoms with Gasteiger partial charge in [-0.2, -0.15) is 0 Å². The molecule has 1 aromatic rings. The molecule has 0 N–H and O–H groups in total. The van der Waals surface area contributed by atoms with E-state index in [4.69, 9.17) is 4.79 Å². The highest BCUT2D eigenvalue weighted by Gasteiger charge is 2.11. The van der Waals surface area contributed by atoms with E-state index in [1.807, 2.05) is 52.0 Å². The van der Waals surface area contributed by atoms with Gasteiger partial charge in [0.15, 0.2) is 5.78 Å². The first-order valence-corrected chi connectivity index (χ1v) is 6.40. The van der Waals surface area contributed by atoms with Crippen LogP contribution in [-0.2, 0) is 9.53 Å². The Hall–Kier alpha value is -1.97. The van der Waals surface area contributed by atoms with Crippen molar-refractivity contribution in [1.29, 1.82) is 0 Å². The molecule has 0 unspecified atom stereocenters. The number of nitrogens with zero attached hydrogens (tertiary/aromatic N) is 1. The number of Topliss-reactive ketones (excluding diaryl/α,β-unsaturated/α-hetero) is 1. The Morgan fingerprint density at radius 2 is 1.68 bits per heavy atom. The molecule has 1 aliphatic rings. The lowest BCUT2D eigenvalue weighted by Crippen LogP contribution is -2.03. The number of para-hydroxylation sites is 1. The fourth-order valence-corrected chi connectivity index (χ4v) is 1.16. The number of carbonyl (C=O) groups excluding carboxylic acids is 2. The summed E-state index contributed by atoms with van der Waals surface area (Å²) in [6, 6.07) is 7.41. The molecule has 4 heteroatoms. The van der Waals surface area contributed by atoms with Gasteiger partial charge in [0.25, 0.3) is 6.47 Å². The van der Waals surface area contributed by atoms with Crippen LogP contribution in [0.15, 0.2) is 29.3 Å². The zero-order valence-electron chi connectivity index (χ0n) is 12.3. The fourth-order valence-electron chi connectivity index (χ4n) is 1.16. The number of benzene rings is 1. The van der Waals surface area contributed by atoms with Crippen molar-refractivity contribution < 1.29 is 14.3 Å². The number of carbonyl (C=O) groups is 2. The van der Waals surface area contributed by atoms with Crippen LogP contribution in [0.4, 0.5) is 5.69 Å². The highest BCUT2D eigenvalue weighted by Crippen LogP contribution is 2.22. The standard InChI is InChI=1S/C9H7NO.C2H4O2.2C2H6/c11-9-5-6-10-8-4-2-1-3-7(8)9;1-4-2-3;2*1-2/h1-4,6H,5H2;2H,1H3;2*1-2H3. The average molecular weight is 265 g/mol. The Balaban J connectivity index is 0. The zero-order chi connectivity index (χ0) is 15.1. The lowest BCUT2D eigenvalue weighted by molar-refractivity contribution is -0.126. The Labute approximate surface area is 115 Å². The van der Waals surface area contributed by atoms with E-state index in [9.17, 15) is 4.79 Å². The highest BCUT2D eigenvalue weighted by molar-refractivity contribution is 6.09. The zero-order valence-corrected chi connectivity index (χ0v) is 12.3. The van der Waals surface area contributed by atoms with Gasteiger partial charge in [0, 0.05) is 18.2 Å². The van der Waals surface area contributed by atoms with Crippen molar-refractivity contribution in [3.05, 3.63) is 29.8 Å². The minimum absolute atomic E-state index is 0.163. The molecule has 0 saturated heterocycles. The smallest absolute Gasteiger partial charge is 0.292 e. The lowest BCUT2D eigenvalue weighted by atomic mass is 10.0. The molecule has 1 heterocycles. The van der Waals surface area contributed by atoms with Gasteiger partial charge < -0.3 is 4.74 Å². The number of hydrogen-bond acceptors (Lipinski definition) is 4. The Morgan fingerprint density at radius 1 is 1.16 bits per heavy atom. The summed E-state index contributed by atoms with van der Waals surface area (Å²) in [5.41, 5.74) is 1.54. The van der Waals surface area contributed by atoms with Gasteiger partial charge in [0.2, 0.25) is 0 Å². The average Bonchev–Trinajstić information content (AvgIpc) is 2.52. The van der Waals surface area contributed by atoms with E-state index in [1.165, 1.54) is 7.11 Å². The van der Waals surface area contributed by atoms with Gasteiger partial charge >= 0.3 is 0 Å². The molecule has 0 fully saturated rings. The molecule has 0 atom stereocenters. The van der Waals surface area contributed by atoms with E-state index in [0.29, 0.717) is 12.9 Å². The quantitative estimate of drug-likeness (QED) is 0.725. The molecule has 2 rings (SSSR count). The van der Waals surface area contributed by atoms with Gasteiger partial charge in [-0.25, -0.2) is 0 Å². The highest BCUT2D eigenvalue weighted by atomic mass is 16.5. The van der Waals surface area contributed by atoms with Crippen molar-refractivity contribution in [2.45, 2.75) is 34.1 Å². The predicted octanol–water partition coefficient (Wildman–Crippen LogP) is 3.82. The summed E-state index contributed by atoms with van der Waals surface area (Å²) in [6.45, 7) is 8.38. The number of fused-ring (bicyclic) bond motifs is 1. The van der Waals surface area contributed by atoms with E-state index in [0.717, 1.165) is 11.3 Å². The summed E-state index contributed by atoms with van der Waals surface area (Å²) >= 11 is 0. The third-order valence-corrected chi connectivity index (χ3v) is 1.81. The van der Waals surface area contributed by atoms with E-state index in [2.05, 4.69) is 9.73 Å². The molecule has 0 radical (unpaired) electrons. The minimum atomic E-state index is 0.163. The van der Waals surface area contributed by atoms with Gasteiger partial charge in [0.1, 0.15) is 0 Å². The minimum Gasteiger partial charge on any atom is -0.471 e. The molecule has 1 aromatic carbocycles. The van der Waals surface area contributed by atoms with Crippen molar-refractivity contribution in [3.8, 4) is 0 Å². The second-order valence-corrected chi connectivity index (χ2v) is 2.79. The maximum Gasteiger partial charge on any atom is 0.292 e. The normalized spacial score (nSPS) is 10.3. The van der Waals surface area contributed by atoms with Crippen molar-refractivity contribution in [2.75, 3.05) is 7.11 Å². The van der Waals surface area contributed by atoms with Gasteiger partial charge in [-0.3, -0.25) is 14.6 Å². The van der Waals surface area contributed by atoms with Crippen molar-refractivity contribution >= 4 is 24.2 Å². The topological polar surface area (TPSA) is 55.7 Å². The Bertz CT molecular complexity index is 387. The number of methoxy groups -OCH3 is 1. The maximum absolute atomic E-state index is 11.2. The van der Waals surface area contributed by atoms with E-state index in [-0.39, 0.29) is 5.78 Å². The molecule has 1 aliphatic heterocycles. The van der Waals surface area contributed by atoms with Crippen LogP contribution in [0.5, 0.6) is 0 Å². The van der Waals surface area contributed by atoms with Crippen LogP contribution in [0.1, 0.15) is 44.5 Å². The van der Waals surface area contributed by atoms with Crippen molar-refractivity contribution in [3.63, 3.8) is 0 Å². The van der Waals surface area contributed by atoms with Crippen LogP contribution < -0.4 is 0 Å². The maximum atomic E-state index is 11.2. The van der Waals surface area contributed by atoms with Crippen LogP contribution in [0.25, 0.3) is 0 Å². The Kier molecular flexibility index (Phi) is 14.4. The molecule has 19 heavy (non-hydrogen) atoms. The van der Waals surface area contributed by atoms with E-state index < -0.39 is 0 Å². The predicted molar refractivity (Wildman–Crippen MR) is 79.3 cm³/mol. The number of ketones is 1. The number of ether oxygens (including phenoxy) is 1. The summed E-state index contributed by atoms with van der Waals surface area (Å²) in [7, 11) is 1.31. The molecule has 4 nitrogen and oxygen atoms in total. The monoisotopic (exact) mass is 265 g/mol. The molecule has 0 spiro atoms. The van der Waals surface area contributed by atoms with Gasteiger partial charge in [-0.05, 0) is 12.1 Å². The summed E-state index contributed by atoms with van der Waals surface area (Å²) in [5, 5.41) is 0. The first kappa shape index (κ1) is 19.4. The lowest BCUT2D eigenvalue weighted by Gasteiger charge is -2.06. The summed E-state index contributed by atoms with van der Waals surface area (Å²) in [4.78, 5) is 24.2. The molecule has 0 amide bonds. The first-order valence-electron chi connectivity index (χ1n) is 6.40. The second-order valence-electron chi connectivity index (χ2n) is 2.79.